The van der Waals surface area contributed by atoms with Crippen LogP contribution in [0.3, 0.4) is 0 Å². The van der Waals surface area contributed by atoms with Crippen LogP contribution in [0.25, 0.3) is 0 Å². The van der Waals surface area contributed by atoms with Gasteiger partial charge in [0.2, 0.25) is 0 Å². The van der Waals surface area contributed by atoms with E-state index in [0.29, 0.717) is 12.0 Å². The Kier molecular flexibility index (Phi) is 7.84. The number of phenolic OH excluding ortho intramolecular Hbond substituents is 2. The summed E-state index contributed by atoms with van der Waals surface area (Å²) in [5, 5.41) is 38.2. The minimum Gasteiger partial charge on any atom is -0.550 e. The second-order valence-corrected chi connectivity index (χ2v) is 5.05. The highest BCUT2D eigenvalue weighted by Crippen LogP contribution is 2.25. The Morgan fingerprint density at radius 1 is 0.750 bits per heavy atom. The van der Waals surface area contributed by atoms with Crippen LogP contribution in [0.4, 0.5) is 0 Å². The topological polar surface area (TPSA) is 121 Å². The normalized spacial score (nSPS) is 9.67. The van der Waals surface area contributed by atoms with E-state index < -0.39 is 11.9 Å². The van der Waals surface area contributed by atoms with Gasteiger partial charge in [0.05, 0.1) is 0 Å². The van der Waals surface area contributed by atoms with Crippen LogP contribution >= 0.6 is 0 Å². The Hall–Kier alpha value is -3.02. The molecular weight excluding hydrogens is 312 g/mol. The number of rotatable bonds is 6. The minimum atomic E-state index is -1.13. The number of benzene rings is 2. The summed E-state index contributed by atoms with van der Waals surface area (Å²) in [5.74, 6) is -2.57. The summed E-state index contributed by atoms with van der Waals surface area (Å²) >= 11 is 0. The van der Waals surface area contributed by atoms with Crippen LogP contribution < -0.4 is 10.2 Å². The number of carbonyl (C=O) groups excluding carboxylic acids is 2. The van der Waals surface area contributed by atoms with Gasteiger partial charge in [-0.2, -0.15) is 0 Å². The Balaban J connectivity index is 0.000000243. The van der Waals surface area contributed by atoms with Gasteiger partial charge in [0.25, 0.3) is 0 Å². The summed E-state index contributed by atoms with van der Waals surface area (Å²) in [6.07, 6.45) is 0.855. The monoisotopic (exact) mass is 330 g/mol. The first-order valence-electron chi connectivity index (χ1n) is 7.33. The number of hydrogen-bond donors (Lipinski definition) is 2. The largest absolute Gasteiger partial charge is 0.550 e. The molecule has 2 rings (SSSR count). The highest BCUT2D eigenvalue weighted by Gasteiger charge is 2.00. The fourth-order valence-electron chi connectivity index (χ4n) is 1.86. The van der Waals surface area contributed by atoms with E-state index in [1.807, 2.05) is 30.3 Å². The lowest BCUT2D eigenvalue weighted by Crippen LogP contribution is -2.22. The Morgan fingerprint density at radius 3 is 1.79 bits per heavy atom. The van der Waals surface area contributed by atoms with Gasteiger partial charge in [-0.1, -0.05) is 36.4 Å². The molecule has 24 heavy (non-hydrogen) atoms. The molecule has 0 unspecified atom stereocenters. The molecule has 0 aromatic heterocycles. The number of carbonyl (C=O) groups is 2. The predicted molar refractivity (Wildman–Crippen MR) is 82.9 cm³/mol. The molecule has 0 aliphatic rings. The maximum Gasteiger partial charge on any atom is 0.157 e. The number of aromatic hydroxyl groups is 2. The highest BCUT2D eigenvalue weighted by molar-refractivity contribution is 5.65. The standard InChI is InChI=1S/C9H10O4.C9H10O2/c10-7-3-1-6(5-8(7)11)2-4-9(12)13;10-9(11)7-6-8-4-2-1-3-5-8/h1,3,5,10-11H,2,4H2,(H,12,13);1-5H,6-7H2,(H,10,11)/p-2. The molecule has 6 nitrogen and oxygen atoms in total. The third-order valence-corrected chi connectivity index (χ3v) is 3.12. The van der Waals surface area contributed by atoms with Gasteiger partial charge in [0.1, 0.15) is 0 Å². The van der Waals surface area contributed by atoms with E-state index in [1.54, 1.807) is 6.07 Å². The molecule has 0 saturated carbocycles. The second-order valence-electron chi connectivity index (χ2n) is 5.05. The zero-order valence-corrected chi connectivity index (χ0v) is 13.0. The fourth-order valence-corrected chi connectivity index (χ4v) is 1.86. The molecule has 0 radical (unpaired) electrons. The summed E-state index contributed by atoms with van der Waals surface area (Å²) in [6, 6.07) is 13.7. The van der Waals surface area contributed by atoms with Crippen molar-refractivity contribution in [3.05, 3.63) is 59.7 Å². The molecule has 0 amide bonds. The van der Waals surface area contributed by atoms with Crippen molar-refractivity contribution in [1.82, 2.24) is 0 Å². The lowest BCUT2D eigenvalue weighted by molar-refractivity contribution is -0.307. The predicted octanol–water partition coefficient (Wildman–Crippen LogP) is 0.149. The maximum atomic E-state index is 10.1. The summed E-state index contributed by atoms with van der Waals surface area (Å²) < 4.78 is 0. The molecule has 0 bridgehead atoms. The van der Waals surface area contributed by atoms with Crippen molar-refractivity contribution in [2.45, 2.75) is 25.7 Å². The first-order chi connectivity index (χ1) is 11.4. The number of hydrogen-bond acceptors (Lipinski definition) is 6. The molecule has 128 valence electrons. The van der Waals surface area contributed by atoms with Gasteiger partial charge in [-0.25, -0.2) is 0 Å². The summed E-state index contributed by atoms with van der Waals surface area (Å²) in [7, 11) is 0. The van der Waals surface area contributed by atoms with Crippen LogP contribution in [0.5, 0.6) is 11.5 Å². The lowest BCUT2D eigenvalue weighted by atomic mass is 10.1. The quantitative estimate of drug-likeness (QED) is 0.727. The van der Waals surface area contributed by atoms with Gasteiger partial charge in [-0.15, -0.1) is 0 Å². The zero-order chi connectivity index (χ0) is 17.9. The molecule has 0 fully saturated rings. The van der Waals surface area contributed by atoms with Crippen molar-refractivity contribution in [2.24, 2.45) is 0 Å². The van der Waals surface area contributed by atoms with E-state index in [0.717, 1.165) is 5.56 Å². The summed E-state index contributed by atoms with van der Waals surface area (Å²) in [5.41, 5.74) is 1.69. The van der Waals surface area contributed by atoms with Gasteiger partial charge in [-0.05, 0) is 48.9 Å². The number of phenols is 2. The molecular formula is C18H18O6-2. The van der Waals surface area contributed by atoms with E-state index in [9.17, 15) is 19.8 Å². The van der Waals surface area contributed by atoms with Gasteiger partial charge in [-0.3, -0.25) is 0 Å². The smallest absolute Gasteiger partial charge is 0.157 e. The molecule has 2 aromatic carbocycles. The van der Waals surface area contributed by atoms with Gasteiger partial charge in [0, 0.05) is 11.9 Å². The molecule has 0 heterocycles. The van der Waals surface area contributed by atoms with Crippen LogP contribution in [0.15, 0.2) is 48.5 Å². The summed E-state index contributed by atoms with van der Waals surface area (Å²) in [6.45, 7) is 0. The van der Waals surface area contributed by atoms with Crippen molar-refractivity contribution < 1.29 is 30.0 Å². The van der Waals surface area contributed by atoms with Gasteiger partial charge >= 0.3 is 0 Å². The third kappa shape index (κ3) is 7.84. The van der Waals surface area contributed by atoms with Crippen LogP contribution in [0, 0.1) is 0 Å². The van der Waals surface area contributed by atoms with Crippen molar-refractivity contribution in [3.63, 3.8) is 0 Å². The van der Waals surface area contributed by atoms with Crippen molar-refractivity contribution >= 4 is 11.9 Å². The fraction of sp³-hybridized carbons (Fsp3) is 0.222. The maximum absolute atomic E-state index is 10.1. The zero-order valence-electron chi connectivity index (χ0n) is 13.0. The second kappa shape index (κ2) is 9.89. The molecule has 0 atom stereocenters. The van der Waals surface area contributed by atoms with Crippen molar-refractivity contribution in [3.8, 4) is 11.5 Å². The van der Waals surface area contributed by atoms with E-state index in [2.05, 4.69) is 0 Å². The SMILES string of the molecule is O=C([O-])CCc1ccc(O)c(O)c1.O=C([O-])CCc1ccccc1. The highest BCUT2D eigenvalue weighted by atomic mass is 16.4. The number of carboxylic acid groups (broad SMARTS) is 2. The average Bonchev–Trinajstić information content (AvgIpc) is 2.55. The molecule has 0 aliphatic carbocycles. The average molecular weight is 330 g/mol. The first kappa shape index (κ1) is 19.0. The summed E-state index contributed by atoms with van der Waals surface area (Å²) in [4.78, 5) is 20.2. The number of aryl methyl sites for hydroxylation is 2. The minimum absolute atomic E-state index is 0.0930. The number of aliphatic carboxylic acids is 2. The Bertz CT molecular complexity index is 666. The van der Waals surface area contributed by atoms with Crippen LogP contribution in [0.2, 0.25) is 0 Å². The Labute approximate surface area is 139 Å². The van der Waals surface area contributed by atoms with E-state index in [4.69, 9.17) is 10.2 Å². The third-order valence-electron chi connectivity index (χ3n) is 3.12. The first-order valence-corrected chi connectivity index (χ1v) is 7.33. The number of carboxylic acids is 2. The van der Waals surface area contributed by atoms with Crippen molar-refractivity contribution in [1.29, 1.82) is 0 Å². The molecule has 0 aliphatic heterocycles. The van der Waals surface area contributed by atoms with Gasteiger partial charge < -0.3 is 30.0 Å². The lowest BCUT2D eigenvalue weighted by Gasteiger charge is -2.03. The molecule has 2 aromatic rings. The van der Waals surface area contributed by atoms with Crippen molar-refractivity contribution in [2.75, 3.05) is 0 Å². The van der Waals surface area contributed by atoms with Crippen LogP contribution in [-0.4, -0.2) is 22.2 Å². The molecule has 0 saturated heterocycles. The molecule has 6 heteroatoms. The van der Waals surface area contributed by atoms with Gasteiger partial charge in [0.15, 0.2) is 11.5 Å². The van der Waals surface area contributed by atoms with E-state index >= 15 is 0 Å². The van der Waals surface area contributed by atoms with E-state index in [1.165, 1.54) is 12.1 Å². The van der Waals surface area contributed by atoms with Crippen LogP contribution in [0.1, 0.15) is 24.0 Å². The molecule has 2 N–H and O–H groups in total. The van der Waals surface area contributed by atoms with Crippen LogP contribution in [-0.2, 0) is 22.4 Å². The molecule has 0 spiro atoms. The van der Waals surface area contributed by atoms with E-state index in [-0.39, 0.29) is 30.8 Å². The Morgan fingerprint density at radius 2 is 1.29 bits per heavy atom.